The van der Waals surface area contributed by atoms with E-state index in [0.717, 1.165) is 29.7 Å². The molecular weight excluding hydrogens is 318 g/mol. The second-order valence-electron chi connectivity index (χ2n) is 9.21. The molecule has 2 aliphatic carbocycles. The summed E-state index contributed by atoms with van der Waals surface area (Å²) in [7, 11) is 3.70. The minimum absolute atomic E-state index is 0.287. The summed E-state index contributed by atoms with van der Waals surface area (Å²) in [6.07, 6.45) is 8.94. The third-order valence-electron chi connectivity index (χ3n) is 8.34. The number of nitrogens with one attached hydrogen (secondary N) is 1. The van der Waals surface area contributed by atoms with Gasteiger partial charge in [-0.25, -0.2) is 0 Å². The maximum Gasteiger partial charge on any atom is 0.147 e. The van der Waals surface area contributed by atoms with Gasteiger partial charge in [-0.3, -0.25) is 0 Å². The average Bonchev–Trinajstić information content (AvgIpc) is 3.11. The van der Waals surface area contributed by atoms with Crippen molar-refractivity contribution in [2.45, 2.75) is 69.0 Å². The second kappa shape index (κ2) is 6.75. The topological polar surface area (TPSA) is 41.4 Å². The first-order chi connectivity index (χ1) is 12.3. The fraction of sp³-hybridized carbons (Fsp3) is 1.00. The lowest BCUT2D eigenvalue weighted by Crippen LogP contribution is -3.19. The van der Waals surface area contributed by atoms with Crippen LogP contribution in [-0.2, 0) is 18.9 Å². The zero-order chi connectivity index (χ0) is 17.0. The van der Waals surface area contributed by atoms with E-state index < -0.39 is 0 Å². The van der Waals surface area contributed by atoms with Crippen LogP contribution < -0.4 is 4.90 Å². The standard InChI is InChI=1S/C20H33NO4/c1-22-17-7-13-5-16-15-9-20-19(24-11-25-20)6-12(15)3-4-21(16)10-14(13)8-18(17)23-2/h12-20H,3-11H2,1-2H3/p+1. The van der Waals surface area contributed by atoms with Crippen molar-refractivity contribution in [1.82, 2.24) is 0 Å². The molecule has 5 heteroatoms. The molecular formula is C20H34NO4+. The normalized spacial score (nSPS) is 55.0. The monoisotopic (exact) mass is 352 g/mol. The summed E-state index contributed by atoms with van der Waals surface area (Å²) in [6.45, 7) is 3.23. The lowest BCUT2D eigenvalue weighted by atomic mass is 9.62. The molecule has 3 heterocycles. The van der Waals surface area contributed by atoms with Crippen molar-refractivity contribution in [3.05, 3.63) is 0 Å². The Hall–Kier alpha value is -0.200. The molecule has 5 nitrogen and oxygen atoms in total. The van der Waals surface area contributed by atoms with E-state index in [1.54, 1.807) is 0 Å². The van der Waals surface area contributed by atoms with Gasteiger partial charge in [0.2, 0.25) is 0 Å². The summed E-state index contributed by atoms with van der Waals surface area (Å²) < 4.78 is 23.2. The Morgan fingerprint density at radius 3 is 2.28 bits per heavy atom. The van der Waals surface area contributed by atoms with Crippen LogP contribution in [0.5, 0.6) is 0 Å². The first-order valence-corrected chi connectivity index (χ1v) is 10.4. The largest absolute Gasteiger partial charge is 0.379 e. The smallest absolute Gasteiger partial charge is 0.147 e. The molecule has 0 radical (unpaired) electrons. The van der Waals surface area contributed by atoms with Crippen molar-refractivity contribution >= 4 is 0 Å². The van der Waals surface area contributed by atoms with Crippen LogP contribution in [-0.4, -0.2) is 64.6 Å². The van der Waals surface area contributed by atoms with Crippen LogP contribution in [0.2, 0.25) is 0 Å². The predicted octanol–water partition coefficient (Wildman–Crippen LogP) is 0.871. The number of methoxy groups -OCH3 is 2. The Kier molecular flexibility index (Phi) is 4.58. The van der Waals surface area contributed by atoms with Crippen molar-refractivity contribution < 1.29 is 23.8 Å². The van der Waals surface area contributed by atoms with Gasteiger partial charge in [0.1, 0.15) is 6.79 Å². The van der Waals surface area contributed by atoms with Gasteiger partial charge in [0.15, 0.2) is 0 Å². The van der Waals surface area contributed by atoms with E-state index in [0.29, 0.717) is 25.1 Å². The van der Waals surface area contributed by atoms with Gasteiger partial charge >= 0.3 is 0 Å². The number of quaternary nitrogens is 1. The minimum Gasteiger partial charge on any atom is -0.379 e. The number of fused-ring (bicyclic) bond motifs is 5. The van der Waals surface area contributed by atoms with E-state index in [1.807, 2.05) is 19.1 Å². The zero-order valence-electron chi connectivity index (χ0n) is 15.7. The number of hydrogen-bond donors (Lipinski definition) is 1. The SMILES string of the molecule is COC1CC2CC3C4CC5OCOC5CC4CC[NH+]3CC2CC1OC. The van der Waals surface area contributed by atoms with Crippen molar-refractivity contribution in [1.29, 1.82) is 0 Å². The molecule has 10 atom stereocenters. The lowest BCUT2D eigenvalue weighted by Gasteiger charge is -2.54. The van der Waals surface area contributed by atoms with Crippen molar-refractivity contribution in [3.8, 4) is 0 Å². The predicted molar refractivity (Wildman–Crippen MR) is 92.4 cm³/mol. The summed E-state index contributed by atoms with van der Waals surface area (Å²) >= 11 is 0. The summed E-state index contributed by atoms with van der Waals surface area (Å²) in [6, 6.07) is 0.835. The van der Waals surface area contributed by atoms with Gasteiger partial charge in [0, 0.05) is 32.5 Å². The molecule has 0 bridgehead atoms. The van der Waals surface area contributed by atoms with Crippen LogP contribution in [0.4, 0.5) is 0 Å². The third-order valence-corrected chi connectivity index (χ3v) is 8.34. The van der Waals surface area contributed by atoms with Gasteiger partial charge in [-0.15, -0.1) is 0 Å². The Morgan fingerprint density at radius 2 is 1.52 bits per heavy atom. The molecule has 25 heavy (non-hydrogen) atoms. The molecule has 0 aromatic heterocycles. The van der Waals surface area contributed by atoms with E-state index in [1.165, 1.54) is 51.6 Å². The summed E-state index contributed by atoms with van der Waals surface area (Å²) in [4.78, 5) is 1.88. The van der Waals surface area contributed by atoms with Crippen molar-refractivity contribution in [2.24, 2.45) is 23.7 Å². The third kappa shape index (κ3) is 2.87. The van der Waals surface area contributed by atoms with Crippen LogP contribution in [0, 0.1) is 23.7 Å². The van der Waals surface area contributed by atoms with E-state index in [9.17, 15) is 0 Å². The van der Waals surface area contributed by atoms with E-state index in [4.69, 9.17) is 18.9 Å². The molecule has 0 aromatic rings. The molecule has 0 aromatic carbocycles. The molecule has 3 saturated heterocycles. The highest BCUT2D eigenvalue weighted by Crippen LogP contribution is 2.45. The molecule has 1 N–H and O–H groups in total. The Bertz CT molecular complexity index is 488. The number of ether oxygens (including phenoxy) is 4. The summed E-state index contributed by atoms with van der Waals surface area (Å²) in [5.74, 6) is 3.35. The highest BCUT2D eigenvalue weighted by molar-refractivity contribution is 4.97. The number of hydrogen-bond acceptors (Lipinski definition) is 4. The number of rotatable bonds is 2. The summed E-state index contributed by atoms with van der Waals surface area (Å²) in [5.41, 5.74) is 0. The van der Waals surface area contributed by atoms with Gasteiger partial charge in [0.25, 0.3) is 0 Å². The Balaban J connectivity index is 1.31. The quantitative estimate of drug-likeness (QED) is 0.801. The fourth-order valence-electron chi connectivity index (χ4n) is 7.06. The Morgan fingerprint density at radius 1 is 0.800 bits per heavy atom. The molecule has 0 spiro atoms. The van der Waals surface area contributed by atoms with Gasteiger partial charge in [0.05, 0.1) is 43.5 Å². The maximum atomic E-state index is 5.89. The number of piperidine rings is 2. The fourth-order valence-corrected chi connectivity index (χ4v) is 7.06. The van der Waals surface area contributed by atoms with Gasteiger partial charge in [-0.2, -0.15) is 0 Å². The average molecular weight is 352 g/mol. The molecule has 5 fully saturated rings. The lowest BCUT2D eigenvalue weighted by molar-refractivity contribution is -0.947. The molecule has 5 aliphatic rings. The van der Waals surface area contributed by atoms with Gasteiger partial charge in [-0.1, -0.05) is 0 Å². The van der Waals surface area contributed by atoms with Gasteiger partial charge in [-0.05, 0) is 43.9 Å². The summed E-state index contributed by atoms with van der Waals surface area (Å²) in [5, 5.41) is 0. The minimum atomic E-state index is 0.287. The van der Waals surface area contributed by atoms with Crippen LogP contribution in [0.1, 0.15) is 38.5 Å². The zero-order valence-corrected chi connectivity index (χ0v) is 15.7. The van der Waals surface area contributed by atoms with E-state index in [2.05, 4.69) is 0 Å². The molecule has 0 amide bonds. The van der Waals surface area contributed by atoms with E-state index in [-0.39, 0.29) is 6.10 Å². The van der Waals surface area contributed by atoms with Gasteiger partial charge < -0.3 is 23.8 Å². The van der Waals surface area contributed by atoms with Crippen molar-refractivity contribution in [3.63, 3.8) is 0 Å². The molecule has 3 aliphatic heterocycles. The van der Waals surface area contributed by atoms with E-state index >= 15 is 0 Å². The van der Waals surface area contributed by atoms with Crippen LogP contribution >= 0.6 is 0 Å². The first kappa shape index (κ1) is 16.9. The maximum absolute atomic E-state index is 5.89. The molecule has 10 unspecified atom stereocenters. The molecule has 5 rings (SSSR count). The highest BCUT2D eigenvalue weighted by atomic mass is 16.7. The van der Waals surface area contributed by atoms with Crippen LogP contribution in [0.25, 0.3) is 0 Å². The second-order valence-corrected chi connectivity index (χ2v) is 9.21. The Labute approximate surface area is 151 Å². The van der Waals surface area contributed by atoms with Crippen LogP contribution in [0.15, 0.2) is 0 Å². The highest BCUT2D eigenvalue weighted by Gasteiger charge is 2.54. The molecule has 142 valence electrons. The van der Waals surface area contributed by atoms with Crippen molar-refractivity contribution in [2.75, 3.05) is 34.1 Å². The van der Waals surface area contributed by atoms with Crippen LogP contribution in [0.3, 0.4) is 0 Å². The first-order valence-electron chi connectivity index (χ1n) is 10.4. The molecule has 2 saturated carbocycles.